The zero-order valence-electron chi connectivity index (χ0n) is 12.2. The number of rotatable bonds is 4. The molecule has 2 rings (SSSR count). The minimum atomic E-state index is -0.0882. The van der Waals surface area contributed by atoms with E-state index in [2.05, 4.69) is 17.6 Å². The largest absolute Gasteiger partial charge is 0.359 e. The molecule has 0 bridgehead atoms. The van der Waals surface area contributed by atoms with Crippen LogP contribution in [0.1, 0.15) is 33.1 Å². The lowest BCUT2D eigenvalue weighted by molar-refractivity contribution is -0.116. The van der Waals surface area contributed by atoms with E-state index in [1.165, 1.54) is 0 Å². The molecule has 0 aromatic heterocycles. The Kier molecular flexibility index (Phi) is 5.02. The van der Waals surface area contributed by atoms with E-state index in [4.69, 9.17) is 11.6 Å². The van der Waals surface area contributed by atoms with Crippen LogP contribution >= 0.6 is 11.6 Å². The summed E-state index contributed by atoms with van der Waals surface area (Å²) in [7, 11) is 0. The minimum absolute atomic E-state index is 0.0882. The van der Waals surface area contributed by atoms with E-state index in [9.17, 15) is 9.59 Å². The normalized spacial score (nSPS) is 18.1. The summed E-state index contributed by atoms with van der Waals surface area (Å²) in [4.78, 5) is 23.1. The molecule has 0 saturated heterocycles. The number of ketones is 1. The van der Waals surface area contributed by atoms with Gasteiger partial charge in [-0.2, -0.15) is 0 Å². The third kappa shape index (κ3) is 4.33. The molecule has 1 atom stereocenters. The van der Waals surface area contributed by atoms with Crippen LogP contribution in [0.25, 0.3) is 0 Å². The second kappa shape index (κ2) is 6.76. The highest BCUT2D eigenvalue weighted by molar-refractivity contribution is 6.33. The van der Waals surface area contributed by atoms with Crippen molar-refractivity contribution in [3.63, 3.8) is 0 Å². The molecule has 0 saturated carbocycles. The second-order valence-electron chi connectivity index (χ2n) is 5.37. The van der Waals surface area contributed by atoms with Crippen molar-refractivity contribution in [3.05, 3.63) is 35.0 Å². The van der Waals surface area contributed by atoms with Crippen molar-refractivity contribution in [1.82, 2.24) is 0 Å². The van der Waals surface area contributed by atoms with E-state index >= 15 is 0 Å². The van der Waals surface area contributed by atoms with E-state index in [0.717, 1.165) is 17.8 Å². The van der Waals surface area contributed by atoms with Gasteiger partial charge in [0.05, 0.1) is 10.7 Å². The van der Waals surface area contributed by atoms with Gasteiger partial charge in [-0.3, -0.25) is 9.59 Å². The molecule has 0 fully saturated rings. The number of hydrogen-bond donors (Lipinski definition) is 2. The van der Waals surface area contributed by atoms with Crippen molar-refractivity contribution in [1.29, 1.82) is 0 Å². The molecule has 0 radical (unpaired) electrons. The monoisotopic (exact) mass is 306 g/mol. The minimum Gasteiger partial charge on any atom is -0.359 e. The maximum Gasteiger partial charge on any atom is 0.224 e. The smallest absolute Gasteiger partial charge is 0.224 e. The van der Waals surface area contributed by atoms with Gasteiger partial charge in [-0.15, -0.1) is 0 Å². The van der Waals surface area contributed by atoms with Crippen LogP contribution in [-0.2, 0) is 9.59 Å². The molecule has 1 aliphatic carbocycles. The molecule has 112 valence electrons. The van der Waals surface area contributed by atoms with Gasteiger partial charge in [-0.1, -0.05) is 25.4 Å². The maximum absolute atomic E-state index is 11.6. The predicted octanol–water partition coefficient (Wildman–Crippen LogP) is 3.98. The van der Waals surface area contributed by atoms with E-state index in [1.54, 1.807) is 25.1 Å². The quantitative estimate of drug-likeness (QED) is 0.884. The number of halogens is 1. The number of anilines is 2. The van der Waals surface area contributed by atoms with Crippen molar-refractivity contribution in [2.75, 3.05) is 10.6 Å². The lowest BCUT2D eigenvalue weighted by atomic mass is 9.93. The van der Waals surface area contributed by atoms with Gasteiger partial charge >= 0.3 is 0 Å². The fraction of sp³-hybridized carbons (Fsp3) is 0.375. The van der Waals surface area contributed by atoms with Crippen molar-refractivity contribution < 1.29 is 9.59 Å². The molecular weight excluding hydrogens is 288 g/mol. The van der Waals surface area contributed by atoms with Crippen molar-refractivity contribution in [2.45, 2.75) is 33.1 Å². The molecule has 2 N–H and O–H groups in total. The number of benzene rings is 1. The SMILES string of the molecule is CCC(=O)Nc1cc(NC2=CC(=O)C[C@@H](C)C2)ccc1Cl. The third-order valence-corrected chi connectivity index (χ3v) is 3.65. The summed E-state index contributed by atoms with van der Waals surface area (Å²) >= 11 is 6.08. The first-order valence-electron chi connectivity index (χ1n) is 7.07. The van der Waals surface area contributed by atoms with Crippen molar-refractivity contribution in [2.24, 2.45) is 5.92 Å². The van der Waals surface area contributed by atoms with Crippen LogP contribution in [0.3, 0.4) is 0 Å². The molecular formula is C16H19ClN2O2. The van der Waals surface area contributed by atoms with Gasteiger partial charge in [0, 0.05) is 30.3 Å². The van der Waals surface area contributed by atoms with Gasteiger partial charge in [0.2, 0.25) is 5.91 Å². The average Bonchev–Trinajstić information content (AvgIpc) is 2.41. The molecule has 0 heterocycles. The highest BCUT2D eigenvalue weighted by Crippen LogP contribution is 2.28. The number of carbonyl (C=O) groups is 2. The van der Waals surface area contributed by atoms with Gasteiger partial charge in [0.25, 0.3) is 0 Å². The van der Waals surface area contributed by atoms with Crippen LogP contribution in [0, 0.1) is 5.92 Å². The molecule has 21 heavy (non-hydrogen) atoms. The number of allylic oxidation sites excluding steroid dienone is 2. The number of amides is 1. The summed E-state index contributed by atoms with van der Waals surface area (Å²) in [6.45, 7) is 3.84. The van der Waals surface area contributed by atoms with Crippen LogP contribution in [0.4, 0.5) is 11.4 Å². The molecule has 1 aromatic rings. The second-order valence-corrected chi connectivity index (χ2v) is 5.78. The standard InChI is InChI=1S/C16H19ClN2O2/c1-3-16(21)19-15-9-11(4-5-14(15)17)18-12-6-10(2)7-13(20)8-12/h4-5,8-10,18H,3,6-7H2,1-2H3,(H,19,21)/t10-/m0/s1. The predicted molar refractivity (Wildman–Crippen MR) is 85.5 cm³/mol. The van der Waals surface area contributed by atoms with Gasteiger partial charge in [-0.05, 0) is 30.5 Å². The molecule has 0 aliphatic heterocycles. The number of carbonyl (C=O) groups excluding carboxylic acids is 2. The molecule has 4 nitrogen and oxygen atoms in total. The lowest BCUT2D eigenvalue weighted by Crippen LogP contribution is -2.16. The molecule has 0 unspecified atom stereocenters. The van der Waals surface area contributed by atoms with Gasteiger partial charge in [0.15, 0.2) is 5.78 Å². The zero-order valence-corrected chi connectivity index (χ0v) is 13.0. The number of nitrogens with one attached hydrogen (secondary N) is 2. The Morgan fingerprint density at radius 2 is 2.14 bits per heavy atom. The average molecular weight is 307 g/mol. The Morgan fingerprint density at radius 1 is 1.38 bits per heavy atom. The van der Waals surface area contributed by atoms with Crippen LogP contribution in [0.5, 0.6) is 0 Å². The Morgan fingerprint density at radius 3 is 2.81 bits per heavy atom. The molecule has 1 aromatic carbocycles. The van der Waals surface area contributed by atoms with Gasteiger partial charge < -0.3 is 10.6 Å². The summed E-state index contributed by atoms with van der Waals surface area (Å²) in [5.74, 6) is 0.399. The Labute approximate surface area is 129 Å². The molecule has 1 amide bonds. The lowest BCUT2D eigenvalue weighted by Gasteiger charge is -2.20. The van der Waals surface area contributed by atoms with E-state index in [0.29, 0.717) is 29.5 Å². The first-order valence-corrected chi connectivity index (χ1v) is 7.45. The molecule has 1 aliphatic rings. The number of hydrogen-bond acceptors (Lipinski definition) is 3. The summed E-state index contributed by atoms with van der Waals surface area (Å²) in [6, 6.07) is 5.33. The fourth-order valence-electron chi connectivity index (χ4n) is 2.31. The van der Waals surface area contributed by atoms with Crippen molar-refractivity contribution >= 4 is 34.7 Å². The Bertz CT molecular complexity index is 596. The third-order valence-electron chi connectivity index (χ3n) is 3.32. The Balaban J connectivity index is 2.15. The first kappa shape index (κ1) is 15.6. The van der Waals surface area contributed by atoms with E-state index in [-0.39, 0.29) is 11.7 Å². The molecule has 0 spiro atoms. The fourth-order valence-corrected chi connectivity index (χ4v) is 2.48. The first-order chi connectivity index (χ1) is 9.97. The summed E-state index contributed by atoms with van der Waals surface area (Å²) in [6.07, 6.45) is 3.48. The van der Waals surface area contributed by atoms with Crippen LogP contribution in [0.2, 0.25) is 5.02 Å². The maximum atomic E-state index is 11.6. The van der Waals surface area contributed by atoms with Gasteiger partial charge in [-0.25, -0.2) is 0 Å². The van der Waals surface area contributed by atoms with Crippen LogP contribution < -0.4 is 10.6 Å². The highest BCUT2D eigenvalue weighted by Gasteiger charge is 2.17. The van der Waals surface area contributed by atoms with Crippen molar-refractivity contribution in [3.8, 4) is 0 Å². The van der Waals surface area contributed by atoms with E-state index in [1.807, 2.05) is 6.07 Å². The molecule has 5 heteroatoms. The zero-order chi connectivity index (χ0) is 15.4. The van der Waals surface area contributed by atoms with Crippen LogP contribution in [-0.4, -0.2) is 11.7 Å². The summed E-state index contributed by atoms with van der Waals surface area (Å²) in [5, 5.41) is 6.48. The van der Waals surface area contributed by atoms with Crippen LogP contribution in [0.15, 0.2) is 30.0 Å². The van der Waals surface area contributed by atoms with Gasteiger partial charge in [0.1, 0.15) is 0 Å². The topological polar surface area (TPSA) is 58.2 Å². The van der Waals surface area contributed by atoms with E-state index < -0.39 is 0 Å². The summed E-state index contributed by atoms with van der Waals surface area (Å²) < 4.78 is 0. The highest BCUT2D eigenvalue weighted by atomic mass is 35.5. The Hall–Kier alpha value is -1.81. The summed E-state index contributed by atoms with van der Waals surface area (Å²) in [5.41, 5.74) is 2.28.